The van der Waals surface area contributed by atoms with Crippen molar-refractivity contribution in [3.8, 4) is 0 Å². The van der Waals surface area contributed by atoms with Gasteiger partial charge in [-0.25, -0.2) is 9.97 Å². The number of esters is 1. The summed E-state index contributed by atoms with van der Waals surface area (Å²) in [5.74, 6) is 0.311. The average Bonchev–Trinajstić information content (AvgIpc) is 2.97. The molecule has 1 aromatic rings. The molecule has 1 saturated heterocycles. The third kappa shape index (κ3) is 1.45. The Hall–Kier alpha value is -1.49. The Balaban J connectivity index is 1.90. The summed E-state index contributed by atoms with van der Waals surface area (Å²) in [5, 5.41) is 3.23. The van der Waals surface area contributed by atoms with E-state index in [9.17, 15) is 4.79 Å². The highest BCUT2D eigenvalue weighted by atomic mass is 16.5. The molecule has 1 aliphatic heterocycles. The van der Waals surface area contributed by atoms with E-state index in [0.29, 0.717) is 12.5 Å². The van der Waals surface area contributed by atoms with Gasteiger partial charge in [-0.2, -0.15) is 0 Å². The largest absolute Gasteiger partial charge is 0.465 e. The molecular weight excluding hydrogens is 218 g/mol. The topological polar surface area (TPSA) is 64.1 Å². The first-order valence-corrected chi connectivity index (χ1v) is 5.88. The molecule has 1 aliphatic carbocycles. The van der Waals surface area contributed by atoms with Crippen LogP contribution in [-0.2, 0) is 14.9 Å². The van der Waals surface area contributed by atoms with E-state index in [4.69, 9.17) is 4.74 Å². The molecule has 17 heavy (non-hydrogen) atoms. The fraction of sp³-hybridized carbons (Fsp3) is 0.583. The van der Waals surface area contributed by atoms with Crippen molar-refractivity contribution >= 4 is 5.97 Å². The number of fused-ring (bicyclic) bond motifs is 1. The van der Waals surface area contributed by atoms with Crippen LogP contribution in [0.2, 0.25) is 0 Å². The van der Waals surface area contributed by atoms with Crippen LogP contribution >= 0.6 is 0 Å². The van der Waals surface area contributed by atoms with Gasteiger partial charge in [-0.15, -0.1) is 0 Å². The minimum Gasteiger partial charge on any atom is -0.465 e. The Morgan fingerprint density at radius 3 is 3.29 bits per heavy atom. The molecule has 3 unspecified atom stereocenters. The standard InChI is InChI=1S/C12H14N3O2/c1-2-17-11(16)10-12(5-8(12)6-14-10)9-3-4-13-7-15-9/h3-4,8,10,14H,2,5-6H2,1H3. The van der Waals surface area contributed by atoms with Gasteiger partial charge in [0.05, 0.1) is 12.3 Å². The minimum atomic E-state index is -0.268. The summed E-state index contributed by atoms with van der Waals surface area (Å²) in [6.07, 6.45) is 5.27. The number of nitrogens with zero attached hydrogens (tertiary/aromatic N) is 2. The van der Waals surface area contributed by atoms with Crippen molar-refractivity contribution in [2.24, 2.45) is 5.92 Å². The number of nitrogens with one attached hydrogen (secondary N) is 1. The van der Waals surface area contributed by atoms with E-state index >= 15 is 0 Å². The number of rotatable bonds is 3. The van der Waals surface area contributed by atoms with Gasteiger partial charge in [0.15, 0.2) is 6.33 Å². The minimum absolute atomic E-state index is 0.175. The fourth-order valence-electron chi connectivity index (χ4n) is 2.90. The number of carbonyl (C=O) groups is 1. The quantitative estimate of drug-likeness (QED) is 0.747. The van der Waals surface area contributed by atoms with E-state index in [2.05, 4.69) is 21.6 Å². The number of carbonyl (C=O) groups excluding carboxylic acids is 1. The zero-order valence-electron chi connectivity index (χ0n) is 9.64. The molecule has 3 atom stereocenters. The zero-order chi connectivity index (χ0) is 11.9. The van der Waals surface area contributed by atoms with E-state index < -0.39 is 0 Å². The first-order chi connectivity index (χ1) is 8.29. The van der Waals surface area contributed by atoms with Crippen LogP contribution in [0.4, 0.5) is 0 Å². The molecule has 2 fully saturated rings. The molecule has 2 heterocycles. The van der Waals surface area contributed by atoms with Crippen LogP contribution in [0.1, 0.15) is 19.0 Å². The SMILES string of the molecule is CCOC(=O)C1NCC2CC21c1ccn[c]n1. The van der Waals surface area contributed by atoms with Crippen LogP contribution in [0.25, 0.3) is 0 Å². The molecule has 0 bridgehead atoms. The Morgan fingerprint density at radius 2 is 2.65 bits per heavy atom. The summed E-state index contributed by atoms with van der Waals surface area (Å²) in [4.78, 5) is 19.9. The smallest absolute Gasteiger partial charge is 0.324 e. The maximum absolute atomic E-state index is 11.9. The molecule has 0 aromatic carbocycles. The van der Waals surface area contributed by atoms with Crippen LogP contribution in [0, 0.1) is 12.2 Å². The summed E-state index contributed by atoms with van der Waals surface area (Å²) in [5.41, 5.74) is 0.728. The number of ether oxygens (including phenoxy) is 1. The van der Waals surface area contributed by atoms with E-state index in [1.54, 1.807) is 6.20 Å². The molecule has 1 aromatic heterocycles. The molecule has 2 aliphatic rings. The summed E-state index contributed by atoms with van der Waals surface area (Å²) in [6.45, 7) is 3.09. The molecule has 3 rings (SSSR count). The Labute approximate surface area is 99.6 Å². The van der Waals surface area contributed by atoms with Gasteiger partial charge >= 0.3 is 5.97 Å². The van der Waals surface area contributed by atoms with E-state index in [0.717, 1.165) is 18.7 Å². The Bertz CT molecular complexity index is 437. The number of hydrogen-bond acceptors (Lipinski definition) is 5. The fourth-order valence-corrected chi connectivity index (χ4v) is 2.90. The summed E-state index contributed by atoms with van der Waals surface area (Å²) < 4.78 is 5.11. The van der Waals surface area contributed by atoms with Crippen molar-refractivity contribution in [3.63, 3.8) is 0 Å². The lowest BCUT2D eigenvalue weighted by molar-refractivity contribution is -0.146. The third-order valence-corrected chi connectivity index (χ3v) is 3.77. The van der Waals surface area contributed by atoms with Crippen molar-refractivity contribution in [1.29, 1.82) is 0 Å². The zero-order valence-corrected chi connectivity index (χ0v) is 9.64. The van der Waals surface area contributed by atoms with E-state index in [1.165, 1.54) is 0 Å². The lowest BCUT2D eigenvalue weighted by Gasteiger charge is -2.21. The van der Waals surface area contributed by atoms with Crippen molar-refractivity contribution < 1.29 is 9.53 Å². The molecule has 5 heteroatoms. The Morgan fingerprint density at radius 1 is 1.76 bits per heavy atom. The van der Waals surface area contributed by atoms with Gasteiger partial charge in [-0.1, -0.05) is 0 Å². The predicted molar refractivity (Wildman–Crippen MR) is 59.1 cm³/mol. The lowest BCUT2D eigenvalue weighted by atomic mass is 9.92. The average molecular weight is 232 g/mol. The highest BCUT2D eigenvalue weighted by Gasteiger charge is 2.67. The maximum atomic E-state index is 11.9. The maximum Gasteiger partial charge on any atom is 0.324 e. The summed E-state index contributed by atoms with van der Waals surface area (Å²) in [7, 11) is 0. The van der Waals surface area contributed by atoms with Crippen LogP contribution in [-0.4, -0.2) is 35.1 Å². The van der Waals surface area contributed by atoms with Gasteiger partial charge in [-0.3, -0.25) is 4.79 Å². The van der Waals surface area contributed by atoms with Crippen molar-refractivity contribution in [2.45, 2.75) is 24.8 Å². The van der Waals surface area contributed by atoms with Gasteiger partial charge in [0.2, 0.25) is 0 Å². The predicted octanol–water partition coefficient (Wildman–Crippen LogP) is 0.0694. The number of hydrogen-bond donors (Lipinski definition) is 1. The van der Waals surface area contributed by atoms with Gasteiger partial charge in [0, 0.05) is 11.6 Å². The second-order valence-electron chi connectivity index (χ2n) is 4.58. The lowest BCUT2D eigenvalue weighted by Crippen LogP contribution is -2.43. The van der Waals surface area contributed by atoms with Gasteiger partial charge in [0.25, 0.3) is 0 Å². The number of aromatic nitrogens is 2. The van der Waals surface area contributed by atoms with E-state index in [1.807, 2.05) is 13.0 Å². The molecule has 5 nitrogen and oxygen atoms in total. The second kappa shape index (κ2) is 3.77. The molecule has 0 amide bonds. The van der Waals surface area contributed by atoms with Gasteiger partial charge in [0.1, 0.15) is 6.04 Å². The highest BCUT2D eigenvalue weighted by Crippen LogP contribution is 2.59. The van der Waals surface area contributed by atoms with Crippen LogP contribution < -0.4 is 5.32 Å². The highest BCUT2D eigenvalue weighted by molar-refractivity contribution is 5.80. The molecule has 89 valence electrons. The van der Waals surface area contributed by atoms with E-state index in [-0.39, 0.29) is 17.4 Å². The summed E-state index contributed by atoms with van der Waals surface area (Å²) in [6, 6.07) is 1.60. The van der Waals surface area contributed by atoms with Crippen molar-refractivity contribution in [1.82, 2.24) is 15.3 Å². The normalized spacial score (nSPS) is 34.2. The monoisotopic (exact) mass is 232 g/mol. The van der Waals surface area contributed by atoms with Crippen LogP contribution in [0.5, 0.6) is 0 Å². The van der Waals surface area contributed by atoms with Crippen molar-refractivity contribution in [2.75, 3.05) is 13.2 Å². The first kappa shape index (κ1) is 10.7. The summed E-state index contributed by atoms with van der Waals surface area (Å²) >= 11 is 0. The van der Waals surface area contributed by atoms with Gasteiger partial charge in [-0.05, 0) is 31.9 Å². The second-order valence-corrected chi connectivity index (χ2v) is 4.58. The van der Waals surface area contributed by atoms with Crippen LogP contribution in [0.15, 0.2) is 12.3 Å². The first-order valence-electron chi connectivity index (χ1n) is 5.88. The number of piperidine rings is 1. The van der Waals surface area contributed by atoms with Crippen molar-refractivity contribution in [3.05, 3.63) is 24.3 Å². The molecule has 0 spiro atoms. The van der Waals surface area contributed by atoms with Gasteiger partial charge < -0.3 is 10.1 Å². The van der Waals surface area contributed by atoms with Crippen LogP contribution in [0.3, 0.4) is 0 Å². The molecular formula is C12H14N3O2. The Kier molecular flexibility index (Phi) is 2.36. The molecule has 1 saturated carbocycles. The molecule has 1 radical (unpaired) electrons. The molecule has 1 N–H and O–H groups in total. The third-order valence-electron chi connectivity index (χ3n) is 3.77.